The first-order valence-corrected chi connectivity index (χ1v) is 9.52. The molecule has 28 heavy (non-hydrogen) atoms. The lowest BCUT2D eigenvalue weighted by atomic mass is 9.97. The molecule has 1 aromatic rings. The number of amides is 3. The highest BCUT2D eigenvalue weighted by Gasteiger charge is 2.25. The predicted octanol–water partition coefficient (Wildman–Crippen LogP) is 1.18. The number of rotatable bonds is 7. The molecule has 0 bridgehead atoms. The van der Waals surface area contributed by atoms with E-state index in [1.54, 1.807) is 17.0 Å². The molecule has 1 unspecified atom stereocenters. The largest absolute Gasteiger partial charge is 0.352 e. The van der Waals surface area contributed by atoms with Crippen molar-refractivity contribution < 1.29 is 14.4 Å². The Morgan fingerprint density at radius 1 is 1.18 bits per heavy atom. The zero-order chi connectivity index (χ0) is 19.8. The maximum absolute atomic E-state index is 12.4. The molecule has 1 saturated heterocycles. The van der Waals surface area contributed by atoms with Crippen molar-refractivity contribution in [2.45, 2.75) is 32.7 Å². The van der Waals surface area contributed by atoms with Crippen LogP contribution in [0.4, 0.5) is 0 Å². The molecule has 4 N–H and O–H groups in total. The van der Waals surface area contributed by atoms with E-state index in [1.165, 1.54) is 0 Å². The first-order valence-electron chi connectivity index (χ1n) is 9.52. The van der Waals surface area contributed by atoms with Gasteiger partial charge in [-0.25, -0.2) is 0 Å². The Morgan fingerprint density at radius 3 is 2.50 bits per heavy atom. The summed E-state index contributed by atoms with van der Waals surface area (Å²) in [6, 6.07) is 8.46. The summed E-state index contributed by atoms with van der Waals surface area (Å²) in [5, 5.41) is 5.57. The van der Waals surface area contributed by atoms with Crippen LogP contribution in [-0.4, -0.2) is 54.8 Å². The van der Waals surface area contributed by atoms with Gasteiger partial charge in [-0.3, -0.25) is 14.4 Å². The monoisotopic (exact) mass is 410 g/mol. The van der Waals surface area contributed by atoms with Crippen LogP contribution in [0.15, 0.2) is 30.3 Å². The Hall–Kier alpha value is -2.12. The van der Waals surface area contributed by atoms with Crippen molar-refractivity contribution >= 4 is 30.1 Å². The molecule has 0 radical (unpaired) electrons. The number of nitrogens with zero attached hydrogens (tertiary/aromatic N) is 1. The lowest BCUT2D eigenvalue weighted by molar-refractivity contribution is -0.134. The summed E-state index contributed by atoms with van der Waals surface area (Å²) in [5.74, 6) is -0.286. The molecule has 1 fully saturated rings. The molecule has 1 heterocycles. The van der Waals surface area contributed by atoms with Crippen LogP contribution in [0.3, 0.4) is 0 Å². The molecule has 8 heteroatoms. The van der Waals surface area contributed by atoms with Crippen molar-refractivity contribution in [1.29, 1.82) is 0 Å². The SMILES string of the molecule is CC(C)[C@H](N)C(=O)NCC(=O)N1CCCC(CNC(=O)c2ccccc2)C1.Cl. The van der Waals surface area contributed by atoms with Gasteiger partial charge in [-0.05, 0) is 36.8 Å². The van der Waals surface area contributed by atoms with E-state index in [1.807, 2.05) is 32.0 Å². The molecule has 0 spiro atoms. The first-order chi connectivity index (χ1) is 12.9. The summed E-state index contributed by atoms with van der Waals surface area (Å²) in [4.78, 5) is 38.2. The second-order valence-corrected chi connectivity index (χ2v) is 7.41. The smallest absolute Gasteiger partial charge is 0.251 e. The van der Waals surface area contributed by atoms with E-state index in [2.05, 4.69) is 10.6 Å². The first kappa shape index (κ1) is 23.9. The predicted molar refractivity (Wildman–Crippen MR) is 111 cm³/mol. The number of nitrogens with two attached hydrogens (primary N) is 1. The zero-order valence-corrected chi connectivity index (χ0v) is 17.3. The third-order valence-corrected chi connectivity index (χ3v) is 4.89. The molecular formula is C20H31ClN4O3. The Balaban J connectivity index is 0.00000392. The fourth-order valence-corrected chi connectivity index (χ4v) is 3.08. The molecular weight excluding hydrogens is 380 g/mol. The second kappa shape index (κ2) is 11.7. The van der Waals surface area contributed by atoms with Crippen LogP contribution < -0.4 is 16.4 Å². The number of benzene rings is 1. The fourth-order valence-electron chi connectivity index (χ4n) is 3.08. The standard InChI is InChI=1S/C20H30N4O3.ClH/c1-14(2)18(21)20(27)23-12-17(25)24-10-6-7-15(13-24)11-22-19(26)16-8-4-3-5-9-16;/h3-5,8-9,14-15,18H,6-7,10-13,21H2,1-2H3,(H,22,26)(H,23,27);1H/t15?,18-;/m0./s1. The van der Waals surface area contributed by atoms with E-state index in [-0.39, 0.29) is 48.5 Å². The van der Waals surface area contributed by atoms with Gasteiger partial charge in [0.25, 0.3) is 5.91 Å². The average molecular weight is 411 g/mol. The van der Waals surface area contributed by atoms with Gasteiger partial charge in [0.2, 0.25) is 11.8 Å². The lowest BCUT2D eigenvalue weighted by Gasteiger charge is -2.33. The molecule has 1 aromatic carbocycles. The Morgan fingerprint density at radius 2 is 1.86 bits per heavy atom. The van der Waals surface area contributed by atoms with Crippen LogP contribution >= 0.6 is 12.4 Å². The van der Waals surface area contributed by atoms with Crippen LogP contribution in [0.2, 0.25) is 0 Å². The van der Waals surface area contributed by atoms with Crippen molar-refractivity contribution in [1.82, 2.24) is 15.5 Å². The maximum atomic E-state index is 12.4. The molecule has 0 aromatic heterocycles. The number of halogens is 1. The van der Waals surface area contributed by atoms with Crippen molar-refractivity contribution in [3.8, 4) is 0 Å². The minimum absolute atomic E-state index is 0. The topological polar surface area (TPSA) is 105 Å². The lowest BCUT2D eigenvalue weighted by Crippen LogP contribution is -2.50. The van der Waals surface area contributed by atoms with E-state index in [9.17, 15) is 14.4 Å². The highest BCUT2D eigenvalue weighted by molar-refractivity contribution is 5.94. The highest BCUT2D eigenvalue weighted by atomic mass is 35.5. The Kier molecular flexibility index (Phi) is 9.96. The third-order valence-electron chi connectivity index (χ3n) is 4.89. The van der Waals surface area contributed by atoms with Crippen molar-refractivity contribution in [3.05, 3.63) is 35.9 Å². The maximum Gasteiger partial charge on any atom is 0.251 e. The van der Waals surface area contributed by atoms with Crippen LogP contribution in [0.25, 0.3) is 0 Å². The third kappa shape index (κ3) is 7.13. The van der Waals surface area contributed by atoms with Gasteiger partial charge in [0.1, 0.15) is 0 Å². The molecule has 2 rings (SSSR count). The number of likely N-dealkylation sites (tertiary alicyclic amines) is 1. The van der Waals surface area contributed by atoms with Crippen LogP contribution in [-0.2, 0) is 9.59 Å². The molecule has 3 amide bonds. The number of nitrogens with one attached hydrogen (secondary N) is 2. The minimum Gasteiger partial charge on any atom is -0.352 e. The number of hydrogen-bond acceptors (Lipinski definition) is 4. The second-order valence-electron chi connectivity index (χ2n) is 7.41. The van der Waals surface area contributed by atoms with E-state index in [4.69, 9.17) is 5.73 Å². The van der Waals surface area contributed by atoms with Crippen LogP contribution in [0.5, 0.6) is 0 Å². The van der Waals surface area contributed by atoms with Crippen LogP contribution in [0.1, 0.15) is 37.0 Å². The zero-order valence-electron chi connectivity index (χ0n) is 16.5. The van der Waals surface area contributed by atoms with E-state index in [0.717, 1.165) is 12.8 Å². The summed E-state index contributed by atoms with van der Waals surface area (Å²) < 4.78 is 0. The van der Waals surface area contributed by atoms with E-state index >= 15 is 0 Å². The molecule has 7 nitrogen and oxygen atoms in total. The van der Waals surface area contributed by atoms with Gasteiger partial charge in [-0.15, -0.1) is 12.4 Å². The van der Waals surface area contributed by atoms with Crippen molar-refractivity contribution in [3.63, 3.8) is 0 Å². The Labute approximate surface area is 172 Å². The summed E-state index contributed by atoms with van der Waals surface area (Å²) in [6.07, 6.45) is 1.85. The van der Waals surface area contributed by atoms with Gasteiger partial charge < -0.3 is 21.3 Å². The molecule has 156 valence electrons. The van der Waals surface area contributed by atoms with Crippen molar-refractivity contribution in [2.75, 3.05) is 26.2 Å². The normalized spacial score (nSPS) is 17.4. The van der Waals surface area contributed by atoms with E-state index < -0.39 is 6.04 Å². The average Bonchev–Trinajstić information content (AvgIpc) is 2.70. The molecule has 0 saturated carbocycles. The summed E-state index contributed by atoms with van der Waals surface area (Å²) in [5.41, 5.74) is 6.42. The van der Waals surface area contributed by atoms with Gasteiger partial charge in [0.05, 0.1) is 12.6 Å². The number of carbonyl (C=O) groups excluding carboxylic acids is 3. The molecule has 2 atom stereocenters. The molecule has 0 aliphatic carbocycles. The fraction of sp³-hybridized carbons (Fsp3) is 0.550. The highest BCUT2D eigenvalue weighted by Crippen LogP contribution is 2.16. The molecule has 1 aliphatic heterocycles. The van der Waals surface area contributed by atoms with Gasteiger partial charge in [-0.1, -0.05) is 32.0 Å². The van der Waals surface area contributed by atoms with E-state index in [0.29, 0.717) is 25.2 Å². The minimum atomic E-state index is -0.611. The summed E-state index contributed by atoms with van der Waals surface area (Å²) in [7, 11) is 0. The molecule has 1 aliphatic rings. The number of hydrogen-bond donors (Lipinski definition) is 3. The summed E-state index contributed by atoms with van der Waals surface area (Å²) in [6.45, 7) is 5.48. The number of carbonyl (C=O) groups is 3. The van der Waals surface area contributed by atoms with Gasteiger partial charge in [0, 0.05) is 25.2 Å². The van der Waals surface area contributed by atoms with Crippen molar-refractivity contribution in [2.24, 2.45) is 17.6 Å². The summed E-state index contributed by atoms with van der Waals surface area (Å²) >= 11 is 0. The van der Waals surface area contributed by atoms with Gasteiger partial charge in [0.15, 0.2) is 0 Å². The van der Waals surface area contributed by atoms with Gasteiger partial charge >= 0.3 is 0 Å². The Bertz CT molecular complexity index is 654. The quantitative estimate of drug-likeness (QED) is 0.627. The van der Waals surface area contributed by atoms with Crippen LogP contribution in [0, 0.1) is 11.8 Å². The number of piperidine rings is 1. The van der Waals surface area contributed by atoms with Gasteiger partial charge in [-0.2, -0.15) is 0 Å².